The normalized spacial score (nSPS) is 19.7. The molecule has 0 aliphatic carbocycles. The molecule has 1 aromatic rings. The van der Waals surface area contributed by atoms with Crippen molar-refractivity contribution in [3.63, 3.8) is 0 Å². The minimum Gasteiger partial charge on any atom is -0.477 e. The first-order valence-electron chi connectivity index (χ1n) is 5.01. The van der Waals surface area contributed by atoms with Crippen molar-refractivity contribution < 1.29 is 9.53 Å². The van der Waals surface area contributed by atoms with Crippen molar-refractivity contribution in [3.05, 3.63) is 18.2 Å². The molecule has 0 saturated heterocycles. The van der Waals surface area contributed by atoms with Crippen LogP contribution in [0.15, 0.2) is 18.2 Å². The topological polar surface area (TPSA) is 55.6 Å². The summed E-state index contributed by atoms with van der Waals surface area (Å²) in [5, 5.41) is 0. The average molecular weight is 206 g/mol. The summed E-state index contributed by atoms with van der Waals surface area (Å²) in [6.45, 7) is 4.30. The van der Waals surface area contributed by atoms with Gasteiger partial charge in [-0.1, -0.05) is 6.07 Å². The zero-order valence-corrected chi connectivity index (χ0v) is 8.86. The van der Waals surface area contributed by atoms with E-state index < -0.39 is 6.10 Å². The van der Waals surface area contributed by atoms with E-state index in [0.717, 1.165) is 5.69 Å². The van der Waals surface area contributed by atoms with Crippen molar-refractivity contribution in [1.29, 1.82) is 0 Å². The van der Waals surface area contributed by atoms with Crippen LogP contribution in [-0.2, 0) is 4.79 Å². The molecule has 2 rings (SSSR count). The average Bonchev–Trinajstić information content (AvgIpc) is 2.22. The number of para-hydroxylation sites is 1. The van der Waals surface area contributed by atoms with Gasteiger partial charge in [-0.25, -0.2) is 0 Å². The fourth-order valence-corrected chi connectivity index (χ4v) is 1.77. The highest BCUT2D eigenvalue weighted by atomic mass is 16.5. The Balaban J connectivity index is 2.54. The first-order valence-corrected chi connectivity index (χ1v) is 5.01. The lowest BCUT2D eigenvalue weighted by atomic mass is 10.1. The van der Waals surface area contributed by atoms with Crippen molar-refractivity contribution >= 4 is 17.3 Å². The zero-order chi connectivity index (χ0) is 11.0. The second-order valence-corrected chi connectivity index (χ2v) is 3.54. The minimum atomic E-state index is -0.456. The second kappa shape index (κ2) is 3.46. The molecule has 4 nitrogen and oxygen atoms in total. The minimum absolute atomic E-state index is 0.0180. The van der Waals surface area contributed by atoms with Gasteiger partial charge in [0.25, 0.3) is 5.91 Å². The van der Waals surface area contributed by atoms with E-state index in [1.807, 2.05) is 19.1 Å². The summed E-state index contributed by atoms with van der Waals surface area (Å²) < 4.78 is 5.49. The number of carbonyl (C=O) groups excluding carboxylic acids is 1. The van der Waals surface area contributed by atoms with Gasteiger partial charge in [-0.05, 0) is 26.0 Å². The van der Waals surface area contributed by atoms with Crippen LogP contribution >= 0.6 is 0 Å². The van der Waals surface area contributed by atoms with E-state index >= 15 is 0 Å². The maximum Gasteiger partial charge on any atom is 0.267 e. The molecule has 1 amide bonds. The van der Waals surface area contributed by atoms with Crippen molar-refractivity contribution in [2.45, 2.75) is 20.0 Å². The van der Waals surface area contributed by atoms with Crippen LogP contribution in [0.25, 0.3) is 0 Å². The predicted octanol–water partition coefficient (Wildman–Crippen LogP) is 1.40. The van der Waals surface area contributed by atoms with Gasteiger partial charge in [0.1, 0.15) is 0 Å². The molecule has 2 N–H and O–H groups in total. The molecule has 0 radical (unpaired) electrons. The van der Waals surface area contributed by atoms with Crippen molar-refractivity contribution in [2.24, 2.45) is 0 Å². The van der Waals surface area contributed by atoms with Gasteiger partial charge in [0.05, 0.1) is 11.4 Å². The number of hydrogen-bond acceptors (Lipinski definition) is 3. The molecule has 1 aromatic carbocycles. The number of ether oxygens (including phenoxy) is 1. The molecular formula is C11H14N2O2. The Kier molecular flexibility index (Phi) is 2.26. The van der Waals surface area contributed by atoms with E-state index in [9.17, 15) is 4.79 Å². The van der Waals surface area contributed by atoms with Gasteiger partial charge in [0, 0.05) is 6.54 Å². The van der Waals surface area contributed by atoms with Crippen LogP contribution in [0.3, 0.4) is 0 Å². The highest BCUT2D eigenvalue weighted by Gasteiger charge is 2.31. The zero-order valence-electron chi connectivity index (χ0n) is 8.86. The van der Waals surface area contributed by atoms with Gasteiger partial charge < -0.3 is 15.4 Å². The molecular weight excluding hydrogens is 192 g/mol. The number of hydrogen-bond donors (Lipinski definition) is 1. The number of nitrogen functional groups attached to an aromatic ring is 1. The molecule has 15 heavy (non-hydrogen) atoms. The quantitative estimate of drug-likeness (QED) is 0.707. The number of rotatable bonds is 1. The third-order valence-electron chi connectivity index (χ3n) is 2.54. The Bertz CT molecular complexity index is 404. The van der Waals surface area contributed by atoms with Gasteiger partial charge in [0.15, 0.2) is 11.9 Å². The summed E-state index contributed by atoms with van der Waals surface area (Å²) in [4.78, 5) is 13.5. The van der Waals surface area contributed by atoms with Gasteiger partial charge in [0.2, 0.25) is 0 Å². The molecule has 1 heterocycles. The van der Waals surface area contributed by atoms with Crippen LogP contribution in [0.4, 0.5) is 11.4 Å². The Morgan fingerprint density at radius 2 is 2.27 bits per heavy atom. The lowest BCUT2D eigenvalue weighted by Crippen LogP contribution is -2.44. The summed E-state index contributed by atoms with van der Waals surface area (Å²) in [5.74, 6) is 0.599. The van der Waals surface area contributed by atoms with Crippen LogP contribution in [0, 0.1) is 0 Å². The predicted molar refractivity (Wildman–Crippen MR) is 59.0 cm³/mol. The number of benzene rings is 1. The highest BCUT2D eigenvalue weighted by Crippen LogP contribution is 2.38. The lowest BCUT2D eigenvalue weighted by molar-refractivity contribution is -0.125. The molecule has 1 atom stereocenters. The third-order valence-corrected chi connectivity index (χ3v) is 2.54. The Labute approximate surface area is 88.6 Å². The molecule has 0 aromatic heterocycles. The molecule has 0 fully saturated rings. The Hall–Kier alpha value is -1.71. The van der Waals surface area contributed by atoms with Crippen molar-refractivity contribution in [1.82, 2.24) is 0 Å². The van der Waals surface area contributed by atoms with Crippen LogP contribution in [0.2, 0.25) is 0 Å². The van der Waals surface area contributed by atoms with Crippen LogP contribution in [0.5, 0.6) is 5.75 Å². The Morgan fingerprint density at radius 3 is 2.93 bits per heavy atom. The van der Waals surface area contributed by atoms with Gasteiger partial charge >= 0.3 is 0 Å². The Morgan fingerprint density at radius 1 is 1.53 bits per heavy atom. The SMILES string of the molecule is CCN1C(=O)[C@@H](C)Oc2c(N)cccc21. The number of amides is 1. The molecule has 0 spiro atoms. The van der Waals surface area contributed by atoms with Crippen LogP contribution in [-0.4, -0.2) is 18.6 Å². The molecule has 80 valence electrons. The molecule has 0 bridgehead atoms. The van der Waals surface area contributed by atoms with E-state index in [2.05, 4.69) is 0 Å². The number of carbonyl (C=O) groups is 1. The fourth-order valence-electron chi connectivity index (χ4n) is 1.77. The van der Waals surface area contributed by atoms with Crippen LogP contribution in [0.1, 0.15) is 13.8 Å². The molecule has 1 aliphatic rings. The summed E-state index contributed by atoms with van der Waals surface area (Å²) in [7, 11) is 0. The van der Waals surface area contributed by atoms with Crippen molar-refractivity contribution in [3.8, 4) is 5.75 Å². The second-order valence-electron chi connectivity index (χ2n) is 3.54. The maximum absolute atomic E-state index is 11.8. The molecule has 0 unspecified atom stereocenters. The van der Waals surface area contributed by atoms with Gasteiger partial charge in [-0.3, -0.25) is 4.79 Å². The summed E-state index contributed by atoms with van der Waals surface area (Å²) in [6, 6.07) is 5.44. The third kappa shape index (κ3) is 1.42. The molecule has 1 aliphatic heterocycles. The van der Waals surface area contributed by atoms with E-state index in [0.29, 0.717) is 18.0 Å². The lowest BCUT2D eigenvalue weighted by Gasteiger charge is -2.32. The first kappa shape index (κ1) is 9.83. The monoisotopic (exact) mass is 206 g/mol. The molecule has 0 saturated carbocycles. The maximum atomic E-state index is 11.8. The molecule has 4 heteroatoms. The largest absolute Gasteiger partial charge is 0.477 e. The number of nitrogens with zero attached hydrogens (tertiary/aromatic N) is 1. The summed E-state index contributed by atoms with van der Waals surface area (Å²) >= 11 is 0. The van der Waals surface area contributed by atoms with E-state index in [-0.39, 0.29) is 5.91 Å². The van der Waals surface area contributed by atoms with Crippen LogP contribution < -0.4 is 15.4 Å². The standard InChI is InChI=1S/C11H14N2O2/c1-3-13-9-6-4-5-8(12)10(9)15-7(2)11(13)14/h4-7H,3,12H2,1-2H3/t7-/m1/s1. The van der Waals surface area contributed by atoms with Gasteiger partial charge in [-0.15, -0.1) is 0 Å². The first-order chi connectivity index (χ1) is 7.15. The summed E-state index contributed by atoms with van der Waals surface area (Å²) in [5.41, 5.74) is 7.14. The highest BCUT2D eigenvalue weighted by molar-refractivity contribution is 6.00. The van der Waals surface area contributed by atoms with Gasteiger partial charge in [-0.2, -0.15) is 0 Å². The number of likely N-dealkylation sites (N-methyl/N-ethyl adjacent to an activating group) is 1. The number of fused-ring (bicyclic) bond motifs is 1. The van der Waals surface area contributed by atoms with E-state index in [1.54, 1.807) is 17.9 Å². The van der Waals surface area contributed by atoms with Crippen molar-refractivity contribution in [2.75, 3.05) is 17.2 Å². The fraction of sp³-hybridized carbons (Fsp3) is 0.364. The van der Waals surface area contributed by atoms with E-state index in [4.69, 9.17) is 10.5 Å². The number of anilines is 2. The number of nitrogens with two attached hydrogens (primary N) is 1. The smallest absolute Gasteiger partial charge is 0.267 e. The van der Waals surface area contributed by atoms with E-state index in [1.165, 1.54) is 0 Å². The summed E-state index contributed by atoms with van der Waals surface area (Å²) in [6.07, 6.45) is -0.456.